The van der Waals surface area contributed by atoms with E-state index in [2.05, 4.69) is 6.08 Å². The number of benzene rings is 1. The molecule has 0 amide bonds. The molecular formula is C24H26O6. The Hall–Kier alpha value is -2.99. The molecule has 2 atom stereocenters. The number of ketones is 1. The van der Waals surface area contributed by atoms with E-state index in [0.717, 1.165) is 0 Å². The van der Waals surface area contributed by atoms with Crippen molar-refractivity contribution in [2.45, 2.75) is 25.6 Å². The third kappa shape index (κ3) is 3.41. The van der Waals surface area contributed by atoms with E-state index in [1.54, 1.807) is 45.6 Å². The molecule has 0 saturated heterocycles. The summed E-state index contributed by atoms with van der Waals surface area (Å²) in [6, 6.07) is 3.51. The first kappa shape index (κ1) is 20.3. The zero-order chi connectivity index (χ0) is 21.5. The standard InChI is InChI=1S/C24H26O6/c1-24(2)10-8-15-18(30-24)7-6-16(23(15)28-5)22(25)14-9-11-29-19-13-21(27-4)20(26-3)12-17(14)19/h6-10,12-13,15,18H,11H2,1-5H3. The summed E-state index contributed by atoms with van der Waals surface area (Å²) in [6.45, 7) is 4.32. The topological polar surface area (TPSA) is 63.2 Å². The first-order valence-electron chi connectivity index (χ1n) is 9.86. The van der Waals surface area contributed by atoms with Crippen molar-refractivity contribution in [1.29, 1.82) is 0 Å². The monoisotopic (exact) mass is 410 g/mol. The lowest BCUT2D eigenvalue weighted by molar-refractivity contribution is -0.110. The Kier molecular flexibility index (Phi) is 5.20. The van der Waals surface area contributed by atoms with Gasteiger partial charge in [0, 0.05) is 17.2 Å². The van der Waals surface area contributed by atoms with Crippen LogP contribution in [0.15, 0.2) is 53.8 Å². The van der Waals surface area contributed by atoms with Gasteiger partial charge in [-0.1, -0.05) is 18.2 Å². The van der Waals surface area contributed by atoms with Crippen molar-refractivity contribution in [3.8, 4) is 17.2 Å². The Balaban J connectivity index is 1.74. The van der Waals surface area contributed by atoms with Gasteiger partial charge in [-0.15, -0.1) is 0 Å². The first-order chi connectivity index (χ1) is 14.4. The smallest absolute Gasteiger partial charge is 0.196 e. The largest absolute Gasteiger partial charge is 0.500 e. The van der Waals surface area contributed by atoms with Gasteiger partial charge in [0.2, 0.25) is 0 Å². The minimum atomic E-state index is -0.357. The third-order valence-corrected chi connectivity index (χ3v) is 5.53. The summed E-state index contributed by atoms with van der Waals surface area (Å²) in [5.74, 6) is 2.00. The number of Topliss-reactive ketones (excluding diaryl/α,β-unsaturated/α-hetero) is 1. The van der Waals surface area contributed by atoms with Gasteiger partial charge in [-0.2, -0.15) is 0 Å². The maximum Gasteiger partial charge on any atom is 0.196 e. The molecule has 0 N–H and O–H groups in total. The van der Waals surface area contributed by atoms with Gasteiger partial charge >= 0.3 is 0 Å². The summed E-state index contributed by atoms with van der Waals surface area (Å²) in [6.07, 6.45) is 9.41. The molecule has 0 fully saturated rings. The zero-order valence-electron chi connectivity index (χ0n) is 17.9. The lowest BCUT2D eigenvalue weighted by atomic mass is 9.83. The maximum absolute atomic E-state index is 13.6. The van der Waals surface area contributed by atoms with E-state index in [0.29, 0.717) is 46.3 Å². The number of fused-ring (bicyclic) bond motifs is 2. The highest BCUT2D eigenvalue weighted by Crippen LogP contribution is 2.42. The minimum absolute atomic E-state index is 0.128. The molecule has 2 heterocycles. The maximum atomic E-state index is 13.6. The first-order valence-corrected chi connectivity index (χ1v) is 9.86. The van der Waals surface area contributed by atoms with Crippen LogP contribution in [0.4, 0.5) is 0 Å². The van der Waals surface area contributed by atoms with Gasteiger partial charge in [0.05, 0.1) is 44.5 Å². The predicted octanol–water partition coefficient (Wildman–Crippen LogP) is 3.87. The van der Waals surface area contributed by atoms with Crippen LogP contribution in [0, 0.1) is 5.92 Å². The molecule has 1 aliphatic carbocycles. The Morgan fingerprint density at radius 2 is 1.80 bits per heavy atom. The fourth-order valence-corrected chi connectivity index (χ4v) is 4.07. The van der Waals surface area contributed by atoms with Crippen LogP contribution >= 0.6 is 0 Å². The number of ether oxygens (including phenoxy) is 5. The van der Waals surface area contributed by atoms with Crippen molar-refractivity contribution in [3.05, 3.63) is 59.4 Å². The minimum Gasteiger partial charge on any atom is -0.500 e. The van der Waals surface area contributed by atoms with E-state index in [1.807, 2.05) is 26.0 Å². The second-order valence-corrected chi connectivity index (χ2v) is 7.87. The van der Waals surface area contributed by atoms with E-state index in [1.165, 1.54) is 0 Å². The zero-order valence-corrected chi connectivity index (χ0v) is 17.9. The highest BCUT2D eigenvalue weighted by molar-refractivity contribution is 6.30. The number of rotatable bonds is 5. The normalized spacial score (nSPS) is 23.7. The van der Waals surface area contributed by atoms with Crippen molar-refractivity contribution >= 4 is 11.4 Å². The van der Waals surface area contributed by atoms with Crippen LogP contribution in [0.2, 0.25) is 0 Å². The van der Waals surface area contributed by atoms with Crippen LogP contribution in [0.5, 0.6) is 17.2 Å². The molecule has 2 aliphatic heterocycles. The molecule has 0 radical (unpaired) electrons. The summed E-state index contributed by atoms with van der Waals surface area (Å²) in [5.41, 5.74) is 1.37. The predicted molar refractivity (Wildman–Crippen MR) is 113 cm³/mol. The van der Waals surface area contributed by atoms with Gasteiger partial charge in [-0.3, -0.25) is 4.79 Å². The SMILES string of the molecule is COC1=C(C(=O)C2=CCOc3cc(OC)c(OC)cc32)C=CC2OC(C)(C)C=CC12. The van der Waals surface area contributed by atoms with Crippen LogP contribution in [0.1, 0.15) is 19.4 Å². The fourth-order valence-electron chi connectivity index (χ4n) is 4.07. The molecule has 30 heavy (non-hydrogen) atoms. The van der Waals surface area contributed by atoms with Crippen molar-refractivity contribution in [1.82, 2.24) is 0 Å². The second-order valence-electron chi connectivity index (χ2n) is 7.87. The molecule has 3 aliphatic rings. The second kappa shape index (κ2) is 7.69. The highest BCUT2D eigenvalue weighted by atomic mass is 16.5. The molecule has 0 spiro atoms. The summed E-state index contributed by atoms with van der Waals surface area (Å²) < 4.78 is 28.3. The van der Waals surface area contributed by atoms with Crippen LogP contribution < -0.4 is 14.2 Å². The van der Waals surface area contributed by atoms with Crippen molar-refractivity contribution in [3.63, 3.8) is 0 Å². The number of allylic oxidation sites excluding steroid dienone is 3. The summed E-state index contributed by atoms with van der Waals surface area (Å²) in [4.78, 5) is 13.6. The molecule has 1 aromatic rings. The van der Waals surface area contributed by atoms with Gasteiger partial charge in [0.15, 0.2) is 17.3 Å². The third-order valence-electron chi connectivity index (χ3n) is 5.53. The quantitative estimate of drug-likeness (QED) is 0.687. The molecule has 0 bridgehead atoms. The van der Waals surface area contributed by atoms with Gasteiger partial charge in [0.1, 0.15) is 18.1 Å². The summed E-state index contributed by atoms with van der Waals surface area (Å²) in [7, 11) is 4.72. The molecule has 6 heteroatoms. The Morgan fingerprint density at radius 1 is 1.07 bits per heavy atom. The molecule has 0 saturated carbocycles. The summed E-state index contributed by atoms with van der Waals surface area (Å²) >= 11 is 0. The van der Waals surface area contributed by atoms with E-state index in [-0.39, 0.29) is 23.4 Å². The van der Waals surface area contributed by atoms with Crippen molar-refractivity contribution < 1.29 is 28.5 Å². The molecule has 0 aromatic heterocycles. The molecule has 4 rings (SSSR count). The van der Waals surface area contributed by atoms with E-state index >= 15 is 0 Å². The molecule has 1 aromatic carbocycles. The van der Waals surface area contributed by atoms with Crippen molar-refractivity contribution in [2.24, 2.45) is 5.92 Å². The fraction of sp³-hybridized carbons (Fsp3) is 0.375. The molecule has 158 valence electrons. The van der Waals surface area contributed by atoms with E-state index in [9.17, 15) is 4.79 Å². The van der Waals surface area contributed by atoms with Gasteiger partial charge in [-0.05, 0) is 32.1 Å². The molecular weight excluding hydrogens is 384 g/mol. The average molecular weight is 410 g/mol. The van der Waals surface area contributed by atoms with Crippen molar-refractivity contribution in [2.75, 3.05) is 27.9 Å². The number of hydrogen-bond donors (Lipinski definition) is 0. The average Bonchev–Trinajstić information content (AvgIpc) is 2.75. The number of methoxy groups -OCH3 is 3. The van der Waals surface area contributed by atoms with Gasteiger partial charge in [-0.25, -0.2) is 0 Å². The molecule has 6 nitrogen and oxygen atoms in total. The Morgan fingerprint density at radius 3 is 2.50 bits per heavy atom. The van der Waals surface area contributed by atoms with Crippen LogP contribution in [-0.4, -0.2) is 45.4 Å². The van der Waals surface area contributed by atoms with E-state index in [4.69, 9.17) is 23.7 Å². The number of hydrogen-bond acceptors (Lipinski definition) is 6. The molecule has 2 unspecified atom stereocenters. The van der Waals surface area contributed by atoms with Crippen LogP contribution in [0.3, 0.4) is 0 Å². The van der Waals surface area contributed by atoms with Crippen LogP contribution in [-0.2, 0) is 14.3 Å². The number of carbonyl (C=O) groups excluding carboxylic acids is 1. The lowest BCUT2D eigenvalue weighted by Gasteiger charge is -2.38. The Labute approximate surface area is 176 Å². The van der Waals surface area contributed by atoms with Gasteiger partial charge < -0.3 is 23.7 Å². The van der Waals surface area contributed by atoms with Crippen LogP contribution in [0.25, 0.3) is 5.57 Å². The van der Waals surface area contributed by atoms with E-state index < -0.39 is 0 Å². The highest BCUT2D eigenvalue weighted by Gasteiger charge is 2.38. The lowest BCUT2D eigenvalue weighted by Crippen LogP contribution is -2.39. The number of carbonyl (C=O) groups is 1. The van der Waals surface area contributed by atoms with Gasteiger partial charge in [0.25, 0.3) is 0 Å². The Bertz CT molecular complexity index is 995. The summed E-state index contributed by atoms with van der Waals surface area (Å²) in [5, 5.41) is 0.